The highest BCUT2D eigenvalue weighted by atomic mass is 16.5. The van der Waals surface area contributed by atoms with E-state index in [9.17, 15) is 9.59 Å². The molecule has 2 amide bonds. The Bertz CT molecular complexity index is 1040. The Morgan fingerprint density at radius 2 is 1.69 bits per heavy atom. The average Bonchev–Trinajstić information content (AvgIpc) is 2.79. The third kappa shape index (κ3) is 4.06. The van der Waals surface area contributed by atoms with Gasteiger partial charge in [-0.1, -0.05) is 30.3 Å². The van der Waals surface area contributed by atoms with Crippen LogP contribution in [0.15, 0.2) is 60.8 Å². The number of hydrogen-bond acceptors (Lipinski definition) is 4. The molecule has 0 saturated carbocycles. The number of nitrogens with zero attached hydrogens (tertiary/aromatic N) is 3. The molecule has 2 aromatic carbocycles. The lowest BCUT2D eigenvalue weighted by molar-refractivity contribution is -0.131. The number of aromatic nitrogens is 1. The van der Waals surface area contributed by atoms with Crippen LogP contribution in [0.1, 0.15) is 15.9 Å². The molecule has 0 unspecified atom stereocenters. The van der Waals surface area contributed by atoms with Crippen LogP contribution >= 0.6 is 0 Å². The lowest BCUT2D eigenvalue weighted by Crippen LogP contribution is -2.51. The third-order valence-corrected chi connectivity index (χ3v) is 5.29. The Kier molecular flexibility index (Phi) is 5.42. The molecular formula is C23H23N3O3. The van der Waals surface area contributed by atoms with Crippen molar-refractivity contribution < 1.29 is 14.3 Å². The van der Waals surface area contributed by atoms with E-state index in [4.69, 9.17) is 4.74 Å². The molecule has 0 atom stereocenters. The van der Waals surface area contributed by atoms with E-state index < -0.39 is 0 Å². The Labute approximate surface area is 169 Å². The Morgan fingerprint density at radius 3 is 2.48 bits per heavy atom. The molecule has 2 heterocycles. The zero-order valence-electron chi connectivity index (χ0n) is 16.4. The second-order valence-electron chi connectivity index (χ2n) is 7.07. The van der Waals surface area contributed by atoms with E-state index in [2.05, 4.69) is 4.98 Å². The Morgan fingerprint density at radius 1 is 0.966 bits per heavy atom. The van der Waals surface area contributed by atoms with E-state index in [0.29, 0.717) is 43.9 Å². The number of para-hydroxylation sites is 1. The molecule has 1 aliphatic rings. The van der Waals surface area contributed by atoms with Crippen LogP contribution in [0.5, 0.6) is 5.75 Å². The lowest BCUT2D eigenvalue weighted by atomic mass is 10.1. The minimum Gasteiger partial charge on any atom is -0.497 e. The summed E-state index contributed by atoms with van der Waals surface area (Å²) >= 11 is 0. The van der Waals surface area contributed by atoms with Gasteiger partial charge in [-0.25, -0.2) is 0 Å². The minimum atomic E-state index is -0.0331. The second-order valence-corrected chi connectivity index (χ2v) is 7.07. The topological polar surface area (TPSA) is 62.7 Å². The molecular weight excluding hydrogens is 366 g/mol. The molecule has 29 heavy (non-hydrogen) atoms. The highest BCUT2D eigenvalue weighted by molar-refractivity contribution is 5.95. The summed E-state index contributed by atoms with van der Waals surface area (Å²) in [5, 5.41) is 1.03. The van der Waals surface area contributed by atoms with E-state index in [1.54, 1.807) is 30.3 Å². The fourth-order valence-electron chi connectivity index (χ4n) is 3.68. The van der Waals surface area contributed by atoms with E-state index >= 15 is 0 Å². The predicted molar refractivity (Wildman–Crippen MR) is 111 cm³/mol. The summed E-state index contributed by atoms with van der Waals surface area (Å²) in [4.78, 5) is 33.6. The zero-order valence-corrected chi connectivity index (χ0v) is 16.4. The molecule has 6 nitrogen and oxygen atoms in total. The number of amides is 2. The van der Waals surface area contributed by atoms with Crippen LogP contribution in [0.4, 0.5) is 0 Å². The maximum Gasteiger partial charge on any atom is 0.254 e. The van der Waals surface area contributed by atoms with E-state index in [1.165, 1.54) is 0 Å². The minimum absolute atomic E-state index is 0.0331. The van der Waals surface area contributed by atoms with Crippen molar-refractivity contribution in [2.45, 2.75) is 6.42 Å². The predicted octanol–water partition coefficient (Wildman–Crippen LogP) is 2.77. The van der Waals surface area contributed by atoms with Gasteiger partial charge >= 0.3 is 0 Å². The number of methoxy groups -OCH3 is 1. The molecule has 1 aromatic heterocycles. The van der Waals surface area contributed by atoms with Crippen LogP contribution in [0.3, 0.4) is 0 Å². The number of fused-ring (bicyclic) bond motifs is 1. The van der Waals surface area contributed by atoms with Gasteiger partial charge in [0.25, 0.3) is 5.91 Å². The molecule has 0 spiro atoms. The molecule has 0 N–H and O–H groups in total. The first-order valence-electron chi connectivity index (χ1n) is 9.69. The van der Waals surface area contributed by atoms with Crippen molar-refractivity contribution >= 4 is 22.7 Å². The van der Waals surface area contributed by atoms with Gasteiger partial charge in [-0.05, 0) is 29.8 Å². The van der Waals surface area contributed by atoms with E-state index in [1.807, 2.05) is 47.4 Å². The van der Waals surface area contributed by atoms with Gasteiger partial charge in [-0.15, -0.1) is 0 Å². The highest BCUT2D eigenvalue weighted by Crippen LogP contribution is 2.19. The van der Waals surface area contributed by atoms with Gasteiger partial charge in [0.05, 0.1) is 19.0 Å². The number of benzene rings is 2. The summed E-state index contributed by atoms with van der Waals surface area (Å²) in [5.41, 5.74) is 2.41. The molecule has 1 fully saturated rings. The second kappa shape index (κ2) is 8.31. The van der Waals surface area contributed by atoms with Crippen molar-refractivity contribution in [1.82, 2.24) is 14.8 Å². The van der Waals surface area contributed by atoms with Crippen molar-refractivity contribution in [3.8, 4) is 5.75 Å². The molecule has 3 aromatic rings. The van der Waals surface area contributed by atoms with Crippen molar-refractivity contribution in [2.24, 2.45) is 0 Å². The first kappa shape index (κ1) is 18.9. The number of piperazine rings is 1. The van der Waals surface area contributed by atoms with Gasteiger partial charge in [0.15, 0.2) is 0 Å². The Balaban J connectivity index is 1.39. The smallest absolute Gasteiger partial charge is 0.254 e. The zero-order chi connectivity index (χ0) is 20.2. The fraction of sp³-hybridized carbons (Fsp3) is 0.261. The summed E-state index contributed by atoms with van der Waals surface area (Å²) < 4.78 is 5.20. The number of ether oxygens (including phenoxy) is 1. The van der Waals surface area contributed by atoms with Gasteiger partial charge in [0.1, 0.15) is 5.75 Å². The van der Waals surface area contributed by atoms with Crippen LogP contribution in [0.2, 0.25) is 0 Å². The standard InChI is InChI=1S/C23H23N3O3/c1-29-20-9-3-7-19(15-20)23(28)26-13-11-25(12-14-26)21(27)16-18-6-2-5-17-8-4-10-24-22(17)18/h2-10,15H,11-14,16H2,1H3. The van der Waals surface area contributed by atoms with Crippen molar-refractivity contribution in [2.75, 3.05) is 33.3 Å². The summed E-state index contributed by atoms with van der Waals surface area (Å²) in [5.74, 6) is 0.694. The van der Waals surface area contributed by atoms with Crippen molar-refractivity contribution in [1.29, 1.82) is 0 Å². The maximum atomic E-state index is 12.8. The number of pyridine rings is 1. The first-order valence-corrected chi connectivity index (χ1v) is 9.69. The number of hydrogen-bond donors (Lipinski definition) is 0. The van der Waals surface area contributed by atoms with E-state index in [0.717, 1.165) is 16.5 Å². The Hall–Kier alpha value is -3.41. The van der Waals surface area contributed by atoms with Gasteiger partial charge in [0.2, 0.25) is 5.91 Å². The van der Waals surface area contributed by atoms with Gasteiger partial charge in [-0.2, -0.15) is 0 Å². The number of rotatable bonds is 4. The van der Waals surface area contributed by atoms with Gasteiger partial charge < -0.3 is 14.5 Å². The quantitative estimate of drug-likeness (QED) is 0.688. The van der Waals surface area contributed by atoms with Crippen molar-refractivity contribution in [3.63, 3.8) is 0 Å². The van der Waals surface area contributed by atoms with Gasteiger partial charge in [-0.3, -0.25) is 14.6 Å². The first-order chi connectivity index (χ1) is 14.2. The SMILES string of the molecule is COc1cccc(C(=O)N2CCN(C(=O)Cc3cccc4cccnc34)CC2)c1. The highest BCUT2D eigenvalue weighted by Gasteiger charge is 2.25. The largest absolute Gasteiger partial charge is 0.497 e. The molecule has 4 rings (SSSR count). The maximum absolute atomic E-state index is 12.8. The molecule has 0 aliphatic carbocycles. The van der Waals surface area contributed by atoms with Crippen LogP contribution in [-0.2, 0) is 11.2 Å². The van der Waals surface area contributed by atoms with Crippen molar-refractivity contribution in [3.05, 3.63) is 71.9 Å². The van der Waals surface area contributed by atoms with Crippen LogP contribution in [0, 0.1) is 0 Å². The monoisotopic (exact) mass is 389 g/mol. The number of carbonyl (C=O) groups is 2. The molecule has 6 heteroatoms. The number of carbonyl (C=O) groups excluding carboxylic acids is 2. The average molecular weight is 389 g/mol. The fourth-order valence-corrected chi connectivity index (χ4v) is 3.68. The third-order valence-electron chi connectivity index (χ3n) is 5.29. The van der Waals surface area contributed by atoms with Crippen LogP contribution in [0.25, 0.3) is 10.9 Å². The van der Waals surface area contributed by atoms with Crippen LogP contribution < -0.4 is 4.74 Å². The van der Waals surface area contributed by atoms with E-state index in [-0.39, 0.29) is 11.8 Å². The molecule has 0 bridgehead atoms. The van der Waals surface area contributed by atoms with Gasteiger partial charge in [0, 0.05) is 43.3 Å². The summed E-state index contributed by atoms with van der Waals surface area (Å²) in [6, 6.07) is 17.0. The summed E-state index contributed by atoms with van der Waals surface area (Å²) in [6.45, 7) is 2.12. The molecule has 148 valence electrons. The molecule has 0 radical (unpaired) electrons. The summed E-state index contributed by atoms with van der Waals surface area (Å²) in [7, 11) is 1.58. The summed E-state index contributed by atoms with van der Waals surface area (Å²) in [6.07, 6.45) is 2.07. The van der Waals surface area contributed by atoms with Crippen LogP contribution in [-0.4, -0.2) is 59.9 Å². The lowest BCUT2D eigenvalue weighted by Gasteiger charge is -2.35. The molecule has 1 saturated heterocycles. The normalized spacial score (nSPS) is 14.1. The molecule has 1 aliphatic heterocycles.